The van der Waals surface area contributed by atoms with E-state index in [1.165, 1.54) is 24.5 Å². The van der Waals surface area contributed by atoms with Gasteiger partial charge in [-0.3, -0.25) is 9.69 Å². The zero-order chi connectivity index (χ0) is 27.3. The largest absolute Gasteiger partial charge is 0.486 e. The fourth-order valence-electron chi connectivity index (χ4n) is 5.86. The molecule has 3 aromatic rings. The molecule has 3 saturated heterocycles. The molecule has 1 amide bonds. The third kappa shape index (κ3) is 4.99. The Kier molecular flexibility index (Phi) is 6.99. The lowest BCUT2D eigenvalue weighted by atomic mass is 9.99. The number of carbonyl (C=O) groups is 1. The summed E-state index contributed by atoms with van der Waals surface area (Å²) in [7, 11) is 2.04. The second kappa shape index (κ2) is 10.4. The first-order valence-electron chi connectivity index (χ1n) is 13.0. The molecule has 8 nitrogen and oxygen atoms in total. The minimum absolute atomic E-state index is 0.0211. The second-order valence-corrected chi connectivity index (χ2v) is 11.2. The predicted octanol–water partition coefficient (Wildman–Crippen LogP) is 5.60. The zero-order valence-corrected chi connectivity index (χ0v) is 22.9. The Morgan fingerprint density at radius 1 is 1.10 bits per heavy atom. The van der Waals surface area contributed by atoms with Crippen molar-refractivity contribution in [3.8, 4) is 11.5 Å². The molecule has 2 bridgehead atoms. The summed E-state index contributed by atoms with van der Waals surface area (Å²) in [6, 6.07) is 6.96. The average molecular weight is 572 g/mol. The number of nitrogens with zero attached hydrogens (tertiary/aromatic N) is 4. The van der Waals surface area contributed by atoms with Crippen LogP contribution in [0.3, 0.4) is 0 Å². The third-order valence-electron chi connectivity index (χ3n) is 7.73. The number of rotatable bonds is 7. The van der Waals surface area contributed by atoms with Crippen LogP contribution in [-0.4, -0.2) is 70.1 Å². The number of carbonyl (C=O) groups excluding carboxylic acids is 1. The fraction of sp³-hybridized carbons (Fsp3) is 0.393. The molecule has 3 aliphatic heterocycles. The molecule has 4 heterocycles. The molecule has 11 heteroatoms. The first-order chi connectivity index (χ1) is 18.8. The standard InChI is InChI=1S/C28H28Cl2FN5O3/c1-3-25(37)36-15-4-5-16(36)9-17(8-15)38-23-10-19-22(11-24(23)39-18-12-35(2)13-18)32-14-33-28(19)34-21-7-6-20(29)26(30)27(21)31/h3,6-7,10-11,14-18H,1,4-5,8-9,12-13H2,2H3,(H,32,33,34). The van der Waals surface area contributed by atoms with E-state index in [0.29, 0.717) is 28.2 Å². The molecule has 3 aliphatic rings. The first kappa shape index (κ1) is 26.1. The van der Waals surface area contributed by atoms with E-state index >= 15 is 0 Å². The van der Waals surface area contributed by atoms with Gasteiger partial charge in [0.15, 0.2) is 17.3 Å². The van der Waals surface area contributed by atoms with Crippen molar-refractivity contribution in [2.24, 2.45) is 0 Å². The maximum absolute atomic E-state index is 14.8. The van der Waals surface area contributed by atoms with E-state index in [2.05, 4.69) is 26.8 Å². The van der Waals surface area contributed by atoms with Gasteiger partial charge in [0.25, 0.3) is 0 Å². The summed E-state index contributed by atoms with van der Waals surface area (Å²) in [5.41, 5.74) is 0.759. The van der Waals surface area contributed by atoms with Crippen LogP contribution in [0, 0.1) is 5.82 Å². The second-order valence-electron chi connectivity index (χ2n) is 10.4. The van der Waals surface area contributed by atoms with Crippen LogP contribution in [0.15, 0.2) is 43.2 Å². The van der Waals surface area contributed by atoms with Crippen molar-refractivity contribution < 1.29 is 18.7 Å². The molecule has 39 heavy (non-hydrogen) atoms. The van der Waals surface area contributed by atoms with Crippen molar-refractivity contribution in [2.75, 3.05) is 25.5 Å². The van der Waals surface area contributed by atoms with Crippen molar-refractivity contribution in [3.63, 3.8) is 0 Å². The summed E-state index contributed by atoms with van der Waals surface area (Å²) in [4.78, 5) is 25.3. The van der Waals surface area contributed by atoms with E-state index in [1.54, 1.807) is 0 Å². The van der Waals surface area contributed by atoms with Gasteiger partial charge in [0.2, 0.25) is 5.91 Å². The highest BCUT2D eigenvalue weighted by Gasteiger charge is 2.43. The molecular formula is C28H28Cl2FN5O3. The Bertz CT molecular complexity index is 1440. The molecule has 0 radical (unpaired) electrons. The van der Waals surface area contributed by atoms with Crippen molar-refractivity contribution in [3.05, 3.63) is 59.1 Å². The number of piperidine rings is 1. The quantitative estimate of drug-likeness (QED) is 0.292. The van der Waals surface area contributed by atoms with Crippen LogP contribution in [0.2, 0.25) is 10.0 Å². The van der Waals surface area contributed by atoms with Gasteiger partial charge in [0.05, 0.1) is 21.2 Å². The van der Waals surface area contributed by atoms with Crippen LogP contribution >= 0.6 is 23.2 Å². The Balaban J connectivity index is 1.33. The fourth-order valence-corrected chi connectivity index (χ4v) is 6.17. The van der Waals surface area contributed by atoms with E-state index in [1.807, 2.05) is 24.1 Å². The maximum Gasteiger partial charge on any atom is 0.246 e. The van der Waals surface area contributed by atoms with E-state index in [0.717, 1.165) is 38.8 Å². The molecule has 1 N–H and O–H groups in total. The van der Waals surface area contributed by atoms with E-state index in [9.17, 15) is 9.18 Å². The maximum atomic E-state index is 14.8. The highest BCUT2D eigenvalue weighted by atomic mass is 35.5. The van der Waals surface area contributed by atoms with Crippen molar-refractivity contribution in [2.45, 2.75) is 50.0 Å². The molecule has 0 saturated carbocycles. The van der Waals surface area contributed by atoms with E-state index in [4.69, 9.17) is 32.7 Å². The van der Waals surface area contributed by atoms with E-state index in [-0.39, 0.29) is 45.9 Å². The van der Waals surface area contributed by atoms with Gasteiger partial charge in [-0.05, 0) is 44.2 Å². The molecular weight excluding hydrogens is 544 g/mol. The first-order valence-corrected chi connectivity index (χ1v) is 13.7. The molecule has 2 atom stereocenters. The summed E-state index contributed by atoms with van der Waals surface area (Å²) < 4.78 is 27.7. The molecule has 2 unspecified atom stereocenters. The number of likely N-dealkylation sites (tertiary alicyclic amines) is 1. The summed E-state index contributed by atoms with van der Waals surface area (Å²) >= 11 is 12.0. The van der Waals surface area contributed by atoms with Gasteiger partial charge in [0, 0.05) is 49.5 Å². The van der Waals surface area contributed by atoms with Crippen LogP contribution in [0.25, 0.3) is 10.9 Å². The normalized spacial score (nSPS) is 23.0. The SMILES string of the molecule is C=CC(=O)N1C2CCC1CC(Oc1cc3c(Nc4ccc(Cl)c(Cl)c4F)ncnc3cc1OC1CN(C)C1)C2. The lowest BCUT2D eigenvalue weighted by molar-refractivity contribution is -0.131. The van der Waals surface area contributed by atoms with Gasteiger partial charge < -0.3 is 19.7 Å². The Morgan fingerprint density at radius 3 is 2.49 bits per heavy atom. The van der Waals surface area contributed by atoms with Crippen LogP contribution in [-0.2, 0) is 4.79 Å². The summed E-state index contributed by atoms with van der Waals surface area (Å²) in [5.74, 6) is 0.869. The Hall–Kier alpha value is -3.14. The van der Waals surface area contributed by atoms with Crippen molar-refractivity contribution in [1.82, 2.24) is 19.8 Å². The lowest BCUT2D eigenvalue weighted by Crippen LogP contribution is -2.51. The number of halogens is 3. The molecule has 1 aromatic heterocycles. The average Bonchev–Trinajstić information content (AvgIpc) is 3.18. The van der Waals surface area contributed by atoms with Crippen LogP contribution < -0.4 is 14.8 Å². The van der Waals surface area contributed by atoms with Gasteiger partial charge in [0.1, 0.15) is 24.4 Å². The van der Waals surface area contributed by atoms with Gasteiger partial charge in [-0.2, -0.15) is 0 Å². The summed E-state index contributed by atoms with van der Waals surface area (Å²) in [6.45, 7) is 5.29. The molecule has 0 aliphatic carbocycles. The number of benzene rings is 2. The third-order valence-corrected chi connectivity index (χ3v) is 8.51. The van der Waals surface area contributed by atoms with Crippen LogP contribution in [0.1, 0.15) is 25.7 Å². The number of aromatic nitrogens is 2. The van der Waals surface area contributed by atoms with E-state index < -0.39 is 5.82 Å². The van der Waals surface area contributed by atoms with Crippen molar-refractivity contribution >= 4 is 51.5 Å². The number of nitrogens with one attached hydrogen (secondary N) is 1. The summed E-state index contributed by atoms with van der Waals surface area (Å²) in [6.07, 6.45) is 6.12. The number of hydrogen-bond donors (Lipinski definition) is 1. The number of likely N-dealkylation sites (N-methyl/N-ethyl adjacent to an activating group) is 1. The van der Waals surface area contributed by atoms with Gasteiger partial charge >= 0.3 is 0 Å². The van der Waals surface area contributed by atoms with Crippen molar-refractivity contribution in [1.29, 1.82) is 0 Å². The van der Waals surface area contributed by atoms with Crippen LogP contribution in [0.4, 0.5) is 15.9 Å². The molecule has 6 rings (SSSR count). The van der Waals surface area contributed by atoms with Gasteiger partial charge in [-0.25, -0.2) is 14.4 Å². The zero-order valence-electron chi connectivity index (χ0n) is 21.4. The minimum atomic E-state index is -0.669. The Labute approximate surface area is 235 Å². The molecule has 2 aromatic carbocycles. The number of fused-ring (bicyclic) bond motifs is 3. The highest BCUT2D eigenvalue weighted by molar-refractivity contribution is 6.42. The predicted molar refractivity (Wildman–Crippen MR) is 149 cm³/mol. The monoisotopic (exact) mass is 571 g/mol. The molecule has 204 valence electrons. The lowest BCUT2D eigenvalue weighted by Gasteiger charge is -2.39. The van der Waals surface area contributed by atoms with Gasteiger partial charge in [-0.15, -0.1) is 0 Å². The highest BCUT2D eigenvalue weighted by Crippen LogP contribution is 2.42. The molecule has 3 fully saturated rings. The Morgan fingerprint density at radius 2 is 1.79 bits per heavy atom. The molecule has 0 spiro atoms. The number of hydrogen-bond acceptors (Lipinski definition) is 7. The number of ether oxygens (including phenoxy) is 2. The topological polar surface area (TPSA) is 79.8 Å². The van der Waals surface area contributed by atoms with Gasteiger partial charge in [-0.1, -0.05) is 29.8 Å². The smallest absolute Gasteiger partial charge is 0.246 e. The number of amides is 1. The van der Waals surface area contributed by atoms with Crippen LogP contribution in [0.5, 0.6) is 11.5 Å². The minimum Gasteiger partial charge on any atom is -0.486 e. The summed E-state index contributed by atoms with van der Waals surface area (Å²) in [5, 5.41) is 3.62. The number of anilines is 2.